The average Bonchev–Trinajstić information content (AvgIpc) is 3.82. The zero-order valence-electron chi connectivity index (χ0n) is 22.3. The molecule has 0 aliphatic heterocycles. The third-order valence-corrected chi connectivity index (χ3v) is 7.45. The largest absolute Gasteiger partial charge is 0.382 e. The maximum absolute atomic E-state index is 13.9. The molecule has 0 aromatic carbocycles. The van der Waals surface area contributed by atoms with Crippen LogP contribution in [0.25, 0.3) is 0 Å². The standard InChI is InChI=1S/C27H34FN7O4/c1-15(2)35-21(8-9-30-35)26(37)33-24(23(16-4-5-16)17-6-7-17)27(38)32-19-12-31-34(13-19)22(14-39-3)20-10-18(28)11-29-25(20)36/h8-13,15-17,22-24H,4-7,14H2,1-3H3,(H,29,36)(H,32,38)(H,33,37). The molecule has 2 aliphatic carbocycles. The van der Waals surface area contributed by atoms with E-state index in [2.05, 4.69) is 25.8 Å². The average molecular weight is 540 g/mol. The summed E-state index contributed by atoms with van der Waals surface area (Å²) in [6, 6.07) is 1.36. The van der Waals surface area contributed by atoms with Gasteiger partial charge in [0.15, 0.2) is 0 Å². The fourth-order valence-corrected chi connectivity index (χ4v) is 5.33. The lowest BCUT2D eigenvalue weighted by atomic mass is 9.88. The van der Waals surface area contributed by atoms with E-state index in [1.54, 1.807) is 23.1 Å². The van der Waals surface area contributed by atoms with Crippen LogP contribution in [-0.4, -0.2) is 56.1 Å². The van der Waals surface area contributed by atoms with Gasteiger partial charge in [-0.1, -0.05) is 0 Å². The number of carbonyl (C=O) groups is 2. The number of amides is 2. The summed E-state index contributed by atoms with van der Waals surface area (Å²) < 4.78 is 22.2. The summed E-state index contributed by atoms with van der Waals surface area (Å²) in [7, 11) is 1.47. The van der Waals surface area contributed by atoms with Crippen LogP contribution in [0.15, 0.2) is 41.7 Å². The van der Waals surface area contributed by atoms with Gasteiger partial charge in [-0.05, 0) is 69.4 Å². The lowest BCUT2D eigenvalue weighted by Crippen LogP contribution is -2.50. The van der Waals surface area contributed by atoms with Crippen LogP contribution in [0.5, 0.6) is 0 Å². The molecule has 5 rings (SSSR count). The Morgan fingerprint density at radius 1 is 1.21 bits per heavy atom. The quantitative estimate of drug-likeness (QED) is 0.324. The highest BCUT2D eigenvalue weighted by Gasteiger charge is 2.48. The van der Waals surface area contributed by atoms with Gasteiger partial charge in [0.1, 0.15) is 23.6 Å². The highest BCUT2D eigenvalue weighted by molar-refractivity contribution is 6.00. The molecular formula is C27H34FN7O4. The van der Waals surface area contributed by atoms with Gasteiger partial charge >= 0.3 is 0 Å². The maximum Gasteiger partial charge on any atom is 0.270 e. The van der Waals surface area contributed by atoms with Crippen molar-refractivity contribution in [3.8, 4) is 0 Å². The molecule has 2 atom stereocenters. The Balaban J connectivity index is 1.38. The number of pyridine rings is 1. The van der Waals surface area contributed by atoms with Crippen molar-refractivity contribution in [1.29, 1.82) is 0 Å². The lowest BCUT2D eigenvalue weighted by Gasteiger charge is -2.27. The van der Waals surface area contributed by atoms with Crippen LogP contribution in [-0.2, 0) is 9.53 Å². The molecule has 0 radical (unpaired) electrons. The van der Waals surface area contributed by atoms with Gasteiger partial charge in [-0.2, -0.15) is 10.2 Å². The van der Waals surface area contributed by atoms with Gasteiger partial charge in [0.05, 0.1) is 18.5 Å². The Morgan fingerprint density at radius 2 is 1.92 bits per heavy atom. The van der Waals surface area contributed by atoms with Crippen molar-refractivity contribution in [2.75, 3.05) is 19.0 Å². The van der Waals surface area contributed by atoms with Gasteiger partial charge in [-0.3, -0.25) is 23.7 Å². The Morgan fingerprint density at radius 3 is 2.56 bits per heavy atom. The van der Waals surface area contributed by atoms with Crippen molar-refractivity contribution >= 4 is 17.5 Å². The van der Waals surface area contributed by atoms with Crippen molar-refractivity contribution in [3.05, 3.63) is 64.3 Å². The number of hydrogen-bond donors (Lipinski definition) is 3. The normalized spacial score (nSPS) is 16.9. The highest BCUT2D eigenvalue weighted by Crippen LogP contribution is 2.51. The van der Waals surface area contributed by atoms with Gasteiger partial charge in [0.25, 0.3) is 11.5 Å². The summed E-state index contributed by atoms with van der Waals surface area (Å²) in [6.45, 7) is 3.95. The third-order valence-electron chi connectivity index (χ3n) is 7.45. The van der Waals surface area contributed by atoms with Crippen LogP contribution in [0.2, 0.25) is 0 Å². The number of carbonyl (C=O) groups excluding carboxylic acids is 2. The number of anilines is 1. The zero-order valence-corrected chi connectivity index (χ0v) is 22.3. The number of halogens is 1. The number of ether oxygens (including phenoxy) is 1. The van der Waals surface area contributed by atoms with Crippen LogP contribution in [0.4, 0.5) is 10.1 Å². The first kappa shape index (κ1) is 26.8. The van der Waals surface area contributed by atoms with E-state index in [4.69, 9.17) is 4.74 Å². The first-order valence-electron chi connectivity index (χ1n) is 13.3. The summed E-state index contributed by atoms with van der Waals surface area (Å²) in [5.74, 6) is -0.404. The number of aromatic nitrogens is 5. The first-order valence-corrected chi connectivity index (χ1v) is 13.3. The van der Waals surface area contributed by atoms with Crippen molar-refractivity contribution in [2.24, 2.45) is 17.8 Å². The smallest absolute Gasteiger partial charge is 0.270 e. The van der Waals surface area contributed by atoms with Crippen LogP contribution in [0.1, 0.15) is 67.7 Å². The molecule has 11 nitrogen and oxygen atoms in total. The van der Waals surface area contributed by atoms with Gasteiger partial charge in [-0.25, -0.2) is 4.39 Å². The molecule has 0 spiro atoms. The molecule has 0 saturated heterocycles. The highest BCUT2D eigenvalue weighted by atomic mass is 19.1. The first-order chi connectivity index (χ1) is 18.8. The summed E-state index contributed by atoms with van der Waals surface area (Å²) in [4.78, 5) is 41.8. The van der Waals surface area contributed by atoms with Crippen molar-refractivity contribution in [1.82, 2.24) is 29.9 Å². The molecule has 2 amide bonds. The monoisotopic (exact) mass is 539 g/mol. The summed E-state index contributed by atoms with van der Waals surface area (Å²) in [5.41, 5.74) is 0.487. The van der Waals surface area contributed by atoms with Crippen molar-refractivity contribution < 1.29 is 18.7 Å². The van der Waals surface area contributed by atoms with E-state index in [1.165, 1.54) is 18.0 Å². The Hall–Kier alpha value is -3.80. The number of methoxy groups -OCH3 is 1. The molecule has 2 unspecified atom stereocenters. The fourth-order valence-electron chi connectivity index (χ4n) is 5.33. The van der Waals surface area contributed by atoms with Crippen LogP contribution < -0.4 is 16.2 Å². The second-order valence-electron chi connectivity index (χ2n) is 10.7. The number of nitrogens with zero attached hydrogens (tertiary/aromatic N) is 4. The van der Waals surface area contributed by atoms with Gasteiger partial charge < -0.3 is 20.4 Å². The summed E-state index contributed by atoms with van der Waals surface area (Å²) >= 11 is 0. The van der Waals surface area contributed by atoms with Crippen LogP contribution >= 0.6 is 0 Å². The van der Waals surface area contributed by atoms with Crippen molar-refractivity contribution in [3.63, 3.8) is 0 Å². The predicted octanol–water partition coefficient (Wildman–Crippen LogP) is 2.90. The summed E-state index contributed by atoms with van der Waals surface area (Å²) in [5, 5.41) is 14.5. The van der Waals surface area contributed by atoms with E-state index >= 15 is 0 Å². The molecule has 2 aliphatic rings. The minimum Gasteiger partial charge on any atom is -0.382 e. The predicted molar refractivity (Wildman–Crippen MR) is 141 cm³/mol. The van der Waals surface area contributed by atoms with E-state index in [0.717, 1.165) is 37.9 Å². The van der Waals surface area contributed by atoms with E-state index in [1.807, 2.05) is 13.8 Å². The minimum absolute atomic E-state index is 0.00750. The van der Waals surface area contributed by atoms with Crippen molar-refractivity contribution in [2.45, 2.75) is 57.7 Å². The Kier molecular flexibility index (Phi) is 7.65. The lowest BCUT2D eigenvalue weighted by molar-refractivity contribution is -0.119. The van der Waals surface area contributed by atoms with Gasteiger partial charge in [0.2, 0.25) is 5.91 Å². The zero-order chi connectivity index (χ0) is 27.7. The second-order valence-corrected chi connectivity index (χ2v) is 10.7. The molecule has 3 aromatic heterocycles. The number of hydrogen-bond acceptors (Lipinski definition) is 6. The van der Waals surface area contributed by atoms with Gasteiger partial charge in [0, 0.05) is 37.3 Å². The van der Waals surface area contributed by atoms with Crippen LogP contribution in [0.3, 0.4) is 0 Å². The van der Waals surface area contributed by atoms with E-state index < -0.39 is 23.5 Å². The minimum atomic E-state index is -0.725. The fraction of sp³-hybridized carbons (Fsp3) is 0.519. The van der Waals surface area contributed by atoms with E-state index in [0.29, 0.717) is 23.2 Å². The third kappa shape index (κ3) is 5.95. The number of aromatic amines is 1. The molecule has 2 fully saturated rings. The molecule has 39 heavy (non-hydrogen) atoms. The Labute approximate surface area is 225 Å². The second kappa shape index (κ2) is 11.1. The molecule has 2 saturated carbocycles. The SMILES string of the molecule is COCC(c1cc(F)c[nH]c1=O)n1cc(NC(=O)C(NC(=O)c2ccnn2C(C)C)C(C2CC2)C2CC2)cn1. The molecule has 208 valence electrons. The number of rotatable bonds is 12. The molecule has 12 heteroatoms. The maximum atomic E-state index is 13.9. The molecular weight excluding hydrogens is 505 g/mol. The number of H-pyrrole nitrogens is 1. The van der Waals surface area contributed by atoms with Crippen LogP contribution in [0, 0.1) is 23.6 Å². The molecule has 3 heterocycles. The Bertz CT molecular complexity index is 1380. The molecule has 3 aromatic rings. The van der Waals surface area contributed by atoms with Gasteiger partial charge in [-0.15, -0.1) is 0 Å². The molecule has 3 N–H and O–H groups in total. The van der Waals surface area contributed by atoms with E-state index in [9.17, 15) is 18.8 Å². The molecule has 0 bridgehead atoms. The number of nitrogens with one attached hydrogen (secondary N) is 3. The van der Waals surface area contributed by atoms with E-state index in [-0.39, 0.29) is 35.9 Å². The summed E-state index contributed by atoms with van der Waals surface area (Å²) in [6.07, 6.45) is 9.78. The topological polar surface area (TPSA) is 136 Å².